The zero-order chi connectivity index (χ0) is 15.1. The maximum absolute atomic E-state index is 12.5. The standard InChI is InChI=1S/C16H16O5/c1-8(2)11-7-10(17)12-13(18-3)9-5-6-20-14(9)16(19-4)15(12)21-11/h5-8H,1-4H3. The Morgan fingerprint density at radius 3 is 2.43 bits per heavy atom. The predicted octanol–water partition coefficient (Wildman–Crippen LogP) is 3.68. The zero-order valence-corrected chi connectivity index (χ0v) is 12.4. The number of hydrogen-bond donors (Lipinski definition) is 0. The molecule has 2 heterocycles. The van der Waals surface area contributed by atoms with Crippen LogP contribution in [0.5, 0.6) is 11.5 Å². The van der Waals surface area contributed by atoms with Crippen molar-refractivity contribution in [2.75, 3.05) is 14.2 Å². The molecule has 0 fully saturated rings. The molecule has 0 saturated carbocycles. The maximum atomic E-state index is 12.5. The summed E-state index contributed by atoms with van der Waals surface area (Å²) >= 11 is 0. The van der Waals surface area contributed by atoms with E-state index in [0.717, 1.165) is 0 Å². The normalized spacial score (nSPS) is 11.5. The first-order valence-corrected chi connectivity index (χ1v) is 6.67. The first kappa shape index (κ1) is 13.5. The summed E-state index contributed by atoms with van der Waals surface area (Å²) in [5, 5.41) is 1.05. The molecule has 0 amide bonds. The van der Waals surface area contributed by atoms with E-state index in [-0.39, 0.29) is 11.3 Å². The second-order valence-electron chi connectivity index (χ2n) is 5.10. The lowest BCUT2D eigenvalue weighted by molar-refractivity contribution is 0.395. The summed E-state index contributed by atoms with van der Waals surface area (Å²) in [4.78, 5) is 12.5. The van der Waals surface area contributed by atoms with Crippen LogP contribution < -0.4 is 14.9 Å². The second kappa shape index (κ2) is 4.84. The van der Waals surface area contributed by atoms with E-state index >= 15 is 0 Å². The lowest BCUT2D eigenvalue weighted by atomic mass is 10.1. The highest BCUT2D eigenvalue weighted by Gasteiger charge is 2.23. The SMILES string of the molecule is COc1c2occc2c(OC)c2c(=O)cc(C(C)C)oc12. The molecular weight excluding hydrogens is 272 g/mol. The Labute approximate surface area is 121 Å². The van der Waals surface area contributed by atoms with Crippen molar-refractivity contribution < 1.29 is 18.3 Å². The Kier molecular flexibility index (Phi) is 3.12. The van der Waals surface area contributed by atoms with Crippen LogP contribution in [0.4, 0.5) is 0 Å². The van der Waals surface area contributed by atoms with Crippen LogP contribution in [0.25, 0.3) is 21.9 Å². The van der Waals surface area contributed by atoms with Gasteiger partial charge in [0.1, 0.15) is 16.9 Å². The molecule has 0 aliphatic rings. The van der Waals surface area contributed by atoms with Crippen LogP contribution in [0, 0.1) is 0 Å². The number of benzene rings is 1. The van der Waals surface area contributed by atoms with Gasteiger partial charge in [0, 0.05) is 12.0 Å². The molecule has 0 N–H and O–H groups in total. The maximum Gasteiger partial charge on any atom is 0.206 e. The topological polar surface area (TPSA) is 61.8 Å². The fraction of sp³-hybridized carbons (Fsp3) is 0.312. The minimum Gasteiger partial charge on any atom is -0.495 e. The number of hydrogen-bond acceptors (Lipinski definition) is 5. The Morgan fingerprint density at radius 2 is 1.81 bits per heavy atom. The first-order chi connectivity index (χ1) is 10.1. The van der Waals surface area contributed by atoms with Gasteiger partial charge in [-0.15, -0.1) is 0 Å². The van der Waals surface area contributed by atoms with Gasteiger partial charge in [-0.3, -0.25) is 4.79 Å². The largest absolute Gasteiger partial charge is 0.495 e. The van der Waals surface area contributed by atoms with Crippen LogP contribution in [0.15, 0.2) is 32.0 Å². The van der Waals surface area contributed by atoms with Crippen LogP contribution in [0.2, 0.25) is 0 Å². The van der Waals surface area contributed by atoms with Gasteiger partial charge in [0.05, 0.1) is 25.9 Å². The molecule has 21 heavy (non-hydrogen) atoms. The van der Waals surface area contributed by atoms with Gasteiger partial charge in [0.25, 0.3) is 0 Å². The molecule has 0 saturated heterocycles. The van der Waals surface area contributed by atoms with Crippen molar-refractivity contribution in [3.8, 4) is 11.5 Å². The van der Waals surface area contributed by atoms with E-state index in [1.807, 2.05) is 13.8 Å². The molecule has 3 rings (SSSR count). The molecule has 5 heteroatoms. The van der Waals surface area contributed by atoms with Crippen molar-refractivity contribution in [1.29, 1.82) is 0 Å². The zero-order valence-electron chi connectivity index (χ0n) is 12.4. The van der Waals surface area contributed by atoms with Gasteiger partial charge in [-0.1, -0.05) is 13.8 Å². The van der Waals surface area contributed by atoms with Crippen molar-refractivity contribution >= 4 is 21.9 Å². The lowest BCUT2D eigenvalue weighted by Gasteiger charge is -2.12. The molecule has 0 radical (unpaired) electrons. The van der Waals surface area contributed by atoms with Gasteiger partial charge in [0.2, 0.25) is 5.75 Å². The molecule has 0 atom stereocenters. The summed E-state index contributed by atoms with van der Waals surface area (Å²) in [6.07, 6.45) is 1.53. The van der Waals surface area contributed by atoms with E-state index in [4.69, 9.17) is 18.3 Å². The molecule has 0 unspecified atom stereocenters. The van der Waals surface area contributed by atoms with Gasteiger partial charge in [-0.05, 0) is 6.07 Å². The van der Waals surface area contributed by atoms with E-state index in [9.17, 15) is 4.79 Å². The molecule has 5 nitrogen and oxygen atoms in total. The van der Waals surface area contributed by atoms with Crippen LogP contribution in [0.3, 0.4) is 0 Å². The second-order valence-corrected chi connectivity index (χ2v) is 5.10. The highest BCUT2D eigenvalue weighted by molar-refractivity contribution is 6.06. The summed E-state index contributed by atoms with van der Waals surface area (Å²) in [6.45, 7) is 3.92. The molecule has 1 aromatic carbocycles. The Balaban J connectivity index is 2.59. The van der Waals surface area contributed by atoms with Gasteiger partial charge in [-0.25, -0.2) is 0 Å². The van der Waals surface area contributed by atoms with Crippen LogP contribution in [0.1, 0.15) is 25.5 Å². The van der Waals surface area contributed by atoms with Crippen molar-refractivity contribution in [3.63, 3.8) is 0 Å². The van der Waals surface area contributed by atoms with Crippen LogP contribution >= 0.6 is 0 Å². The Morgan fingerprint density at radius 1 is 1.10 bits per heavy atom. The number of fused-ring (bicyclic) bond motifs is 2. The number of rotatable bonds is 3. The smallest absolute Gasteiger partial charge is 0.206 e. The Bertz CT molecular complexity index is 870. The van der Waals surface area contributed by atoms with E-state index < -0.39 is 0 Å². The minimum absolute atomic E-state index is 0.0881. The number of ether oxygens (including phenoxy) is 2. The molecule has 0 aliphatic heterocycles. The summed E-state index contributed by atoms with van der Waals surface area (Å²) < 4.78 is 22.2. The highest BCUT2D eigenvalue weighted by atomic mass is 16.5. The summed E-state index contributed by atoms with van der Waals surface area (Å²) in [5.41, 5.74) is 0.706. The monoisotopic (exact) mass is 288 g/mol. The molecule has 0 spiro atoms. The van der Waals surface area contributed by atoms with E-state index in [2.05, 4.69) is 0 Å². The van der Waals surface area contributed by atoms with E-state index in [1.165, 1.54) is 26.5 Å². The highest BCUT2D eigenvalue weighted by Crippen LogP contribution is 2.42. The van der Waals surface area contributed by atoms with Gasteiger partial charge in [0.15, 0.2) is 16.6 Å². The molecule has 0 bridgehead atoms. The average molecular weight is 288 g/mol. The van der Waals surface area contributed by atoms with Gasteiger partial charge >= 0.3 is 0 Å². The first-order valence-electron chi connectivity index (χ1n) is 6.67. The third kappa shape index (κ3) is 1.88. The summed E-state index contributed by atoms with van der Waals surface area (Å²) in [5.74, 6) is 1.54. The molecule has 110 valence electrons. The number of furan rings is 1. The van der Waals surface area contributed by atoms with Crippen molar-refractivity contribution in [1.82, 2.24) is 0 Å². The van der Waals surface area contributed by atoms with E-state index in [0.29, 0.717) is 39.2 Å². The van der Waals surface area contributed by atoms with Gasteiger partial charge in [-0.2, -0.15) is 0 Å². The molecule has 2 aromatic heterocycles. The van der Waals surface area contributed by atoms with E-state index in [1.54, 1.807) is 6.07 Å². The predicted molar refractivity (Wildman–Crippen MR) is 79.4 cm³/mol. The third-order valence-electron chi connectivity index (χ3n) is 3.49. The minimum atomic E-state index is -0.154. The van der Waals surface area contributed by atoms with Gasteiger partial charge < -0.3 is 18.3 Å². The van der Waals surface area contributed by atoms with Crippen molar-refractivity contribution in [2.45, 2.75) is 19.8 Å². The van der Waals surface area contributed by atoms with Crippen molar-refractivity contribution in [3.05, 3.63) is 34.4 Å². The molecule has 3 aromatic rings. The lowest BCUT2D eigenvalue weighted by Crippen LogP contribution is -2.06. The fourth-order valence-electron chi connectivity index (χ4n) is 2.47. The Hall–Kier alpha value is -2.43. The van der Waals surface area contributed by atoms with Crippen LogP contribution in [-0.2, 0) is 0 Å². The third-order valence-corrected chi connectivity index (χ3v) is 3.49. The summed E-state index contributed by atoms with van der Waals surface area (Å²) in [6, 6.07) is 3.24. The molecular formula is C16H16O5. The van der Waals surface area contributed by atoms with Crippen molar-refractivity contribution in [2.24, 2.45) is 0 Å². The average Bonchev–Trinajstić information content (AvgIpc) is 2.93. The fourth-order valence-corrected chi connectivity index (χ4v) is 2.47. The summed E-state index contributed by atoms with van der Waals surface area (Å²) in [7, 11) is 3.04. The molecule has 0 aliphatic carbocycles. The number of methoxy groups -OCH3 is 2. The van der Waals surface area contributed by atoms with Crippen LogP contribution in [-0.4, -0.2) is 14.2 Å². The quantitative estimate of drug-likeness (QED) is 0.735.